The SMILES string of the molecule is O=C(CC1CC2CCC1C2)NCCSc1ccccc1. The van der Waals surface area contributed by atoms with E-state index < -0.39 is 0 Å². The molecule has 2 bridgehead atoms. The molecule has 3 rings (SSSR count). The van der Waals surface area contributed by atoms with E-state index in [1.54, 1.807) is 11.8 Å². The van der Waals surface area contributed by atoms with Crippen LogP contribution in [-0.4, -0.2) is 18.2 Å². The maximum atomic E-state index is 12.0. The standard InChI is InChI=1S/C17H23NOS/c19-17(12-15-11-13-6-7-14(15)10-13)18-8-9-20-16-4-2-1-3-5-16/h1-5,13-15H,6-12H2,(H,18,19). The third-order valence-electron chi connectivity index (χ3n) is 4.77. The third kappa shape index (κ3) is 3.57. The van der Waals surface area contributed by atoms with Crippen molar-refractivity contribution in [3.63, 3.8) is 0 Å². The fourth-order valence-corrected chi connectivity index (χ4v) is 4.60. The quantitative estimate of drug-likeness (QED) is 0.639. The Morgan fingerprint density at radius 2 is 2.05 bits per heavy atom. The molecule has 2 fully saturated rings. The van der Waals surface area contributed by atoms with Gasteiger partial charge >= 0.3 is 0 Å². The second-order valence-corrected chi connectivity index (χ2v) is 7.32. The number of thioether (sulfide) groups is 1. The summed E-state index contributed by atoms with van der Waals surface area (Å²) in [5, 5.41) is 3.08. The zero-order valence-electron chi connectivity index (χ0n) is 11.9. The van der Waals surface area contributed by atoms with Gasteiger partial charge in [-0.15, -0.1) is 11.8 Å². The van der Waals surface area contributed by atoms with E-state index in [4.69, 9.17) is 0 Å². The van der Waals surface area contributed by atoms with Crippen molar-refractivity contribution in [2.45, 2.75) is 37.0 Å². The summed E-state index contributed by atoms with van der Waals surface area (Å²) in [4.78, 5) is 13.2. The summed E-state index contributed by atoms with van der Waals surface area (Å²) < 4.78 is 0. The van der Waals surface area contributed by atoms with Crippen LogP contribution < -0.4 is 5.32 Å². The van der Waals surface area contributed by atoms with Crippen molar-refractivity contribution in [1.82, 2.24) is 5.32 Å². The smallest absolute Gasteiger partial charge is 0.220 e. The zero-order chi connectivity index (χ0) is 13.8. The topological polar surface area (TPSA) is 29.1 Å². The lowest BCUT2D eigenvalue weighted by Gasteiger charge is -2.20. The maximum Gasteiger partial charge on any atom is 0.220 e. The molecule has 20 heavy (non-hydrogen) atoms. The Balaban J connectivity index is 1.32. The lowest BCUT2D eigenvalue weighted by Crippen LogP contribution is -2.29. The van der Waals surface area contributed by atoms with Gasteiger partial charge in [-0.3, -0.25) is 4.79 Å². The zero-order valence-corrected chi connectivity index (χ0v) is 12.7. The third-order valence-corrected chi connectivity index (χ3v) is 5.78. The van der Waals surface area contributed by atoms with Crippen LogP contribution in [0.1, 0.15) is 32.1 Å². The van der Waals surface area contributed by atoms with Gasteiger partial charge in [-0.25, -0.2) is 0 Å². The first-order valence-corrected chi connectivity index (χ1v) is 8.74. The molecular weight excluding hydrogens is 266 g/mol. The minimum atomic E-state index is 0.260. The van der Waals surface area contributed by atoms with Crippen molar-refractivity contribution in [2.75, 3.05) is 12.3 Å². The van der Waals surface area contributed by atoms with Crippen molar-refractivity contribution >= 4 is 17.7 Å². The molecule has 3 atom stereocenters. The number of nitrogens with one attached hydrogen (secondary N) is 1. The number of hydrogen-bond donors (Lipinski definition) is 1. The molecule has 3 unspecified atom stereocenters. The lowest BCUT2D eigenvalue weighted by atomic mass is 9.86. The number of carbonyl (C=O) groups excluding carboxylic acids is 1. The fraction of sp³-hybridized carbons (Fsp3) is 0.588. The predicted octanol–water partition coefficient (Wildman–Crippen LogP) is 3.72. The summed E-state index contributed by atoms with van der Waals surface area (Å²) in [7, 11) is 0. The van der Waals surface area contributed by atoms with Gasteiger partial charge in [0.1, 0.15) is 0 Å². The highest BCUT2D eigenvalue weighted by atomic mass is 32.2. The Bertz CT molecular complexity index is 448. The Labute approximate surface area is 125 Å². The molecular formula is C17H23NOS. The minimum Gasteiger partial charge on any atom is -0.355 e. The first kappa shape index (κ1) is 14.0. The highest BCUT2D eigenvalue weighted by molar-refractivity contribution is 7.99. The summed E-state index contributed by atoms with van der Waals surface area (Å²) in [5.74, 6) is 3.68. The number of rotatable bonds is 6. The van der Waals surface area contributed by atoms with E-state index in [1.807, 2.05) is 6.07 Å². The normalized spacial score (nSPS) is 27.7. The van der Waals surface area contributed by atoms with Gasteiger partial charge in [-0.05, 0) is 49.1 Å². The van der Waals surface area contributed by atoms with Crippen molar-refractivity contribution < 1.29 is 4.79 Å². The lowest BCUT2D eigenvalue weighted by molar-refractivity contribution is -0.122. The van der Waals surface area contributed by atoms with Crippen LogP contribution in [0.5, 0.6) is 0 Å². The van der Waals surface area contributed by atoms with E-state index in [9.17, 15) is 4.79 Å². The molecule has 0 spiro atoms. The van der Waals surface area contributed by atoms with Crippen LogP contribution in [0.25, 0.3) is 0 Å². The van der Waals surface area contributed by atoms with Crippen molar-refractivity contribution in [1.29, 1.82) is 0 Å². The molecule has 1 amide bonds. The molecule has 3 heteroatoms. The minimum absolute atomic E-state index is 0.260. The first-order chi connectivity index (χ1) is 9.81. The van der Waals surface area contributed by atoms with Gasteiger partial charge in [0.2, 0.25) is 5.91 Å². The molecule has 0 aromatic heterocycles. The van der Waals surface area contributed by atoms with Gasteiger partial charge < -0.3 is 5.32 Å². The van der Waals surface area contributed by atoms with Gasteiger partial charge in [0.05, 0.1) is 0 Å². The van der Waals surface area contributed by atoms with E-state index in [0.29, 0.717) is 5.92 Å². The average molecular weight is 289 g/mol. The van der Waals surface area contributed by atoms with E-state index in [2.05, 4.69) is 29.6 Å². The molecule has 2 aliphatic rings. The van der Waals surface area contributed by atoms with Gasteiger partial charge in [0, 0.05) is 23.6 Å². The largest absolute Gasteiger partial charge is 0.355 e. The van der Waals surface area contributed by atoms with Crippen molar-refractivity contribution in [3.05, 3.63) is 30.3 Å². The number of fused-ring (bicyclic) bond motifs is 2. The highest BCUT2D eigenvalue weighted by Crippen LogP contribution is 2.49. The summed E-state index contributed by atoms with van der Waals surface area (Å²) in [6.45, 7) is 0.777. The molecule has 1 N–H and O–H groups in total. The van der Waals surface area contributed by atoms with Crippen LogP contribution in [0.3, 0.4) is 0 Å². The van der Waals surface area contributed by atoms with E-state index in [-0.39, 0.29) is 5.91 Å². The van der Waals surface area contributed by atoms with Crippen LogP contribution in [0.4, 0.5) is 0 Å². The predicted molar refractivity (Wildman–Crippen MR) is 83.7 cm³/mol. The maximum absolute atomic E-state index is 12.0. The average Bonchev–Trinajstić information content (AvgIpc) is 3.07. The molecule has 108 valence electrons. The van der Waals surface area contributed by atoms with Crippen LogP contribution in [-0.2, 0) is 4.79 Å². The molecule has 1 aromatic carbocycles. The van der Waals surface area contributed by atoms with Crippen LogP contribution in [0.2, 0.25) is 0 Å². The summed E-state index contributed by atoms with van der Waals surface area (Å²) >= 11 is 1.80. The van der Waals surface area contributed by atoms with Crippen LogP contribution >= 0.6 is 11.8 Å². The van der Waals surface area contributed by atoms with Gasteiger partial charge in [0.25, 0.3) is 0 Å². The molecule has 2 aliphatic carbocycles. The van der Waals surface area contributed by atoms with Crippen molar-refractivity contribution in [2.24, 2.45) is 17.8 Å². The number of amides is 1. The second-order valence-electron chi connectivity index (χ2n) is 6.15. The summed E-state index contributed by atoms with van der Waals surface area (Å²) in [6, 6.07) is 10.4. The van der Waals surface area contributed by atoms with Crippen LogP contribution in [0.15, 0.2) is 35.2 Å². The molecule has 0 radical (unpaired) electrons. The summed E-state index contributed by atoms with van der Waals surface area (Å²) in [5.41, 5.74) is 0. The monoisotopic (exact) mass is 289 g/mol. The van der Waals surface area contributed by atoms with Crippen molar-refractivity contribution in [3.8, 4) is 0 Å². The Morgan fingerprint density at radius 3 is 2.75 bits per heavy atom. The molecule has 0 heterocycles. The summed E-state index contributed by atoms with van der Waals surface area (Å²) in [6.07, 6.45) is 6.23. The molecule has 2 nitrogen and oxygen atoms in total. The van der Waals surface area contributed by atoms with E-state index >= 15 is 0 Å². The second kappa shape index (κ2) is 6.66. The Kier molecular flexibility index (Phi) is 4.66. The molecule has 0 saturated heterocycles. The Hall–Kier alpha value is -0.960. The highest BCUT2D eigenvalue weighted by Gasteiger charge is 2.39. The van der Waals surface area contributed by atoms with Gasteiger partial charge in [0.15, 0.2) is 0 Å². The van der Waals surface area contributed by atoms with Gasteiger partial charge in [-0.2, -0.15) is 0 Å². The molecule has 1 aromatic rings. The molecule has 2 saturated carbocycles. The number of carbonyl (C=O) groups is 1. The van der Waals surface area contributed by atoms with E-state index in [1.165, 1.54) is 30.6 Å². The van der Waals surface area contributed by atoms with E-state index in [0.717, 1.165) is 30.6 Å². The molecule has 0 aliphatic heterocycles. The Morgan fingerprint density at radius 1 is 1.20 bits per heavy atom. The van der Waals surface area contributed by atoms with Gasteiger partial charge in [-0.1, -0.05) is 24.6 Å². The number of benzene rings is 1. The first-order valence-electron chi connectivity index (χ1n) is 7.76. The number of hydrogen-bond acceptors (Lipinski definition) is 2. The fourth-order valence-electron chi connectivity index (χ4n) is 3.81. The van der Waals surface area contributed by atoms with Crippen LogP contribution in [0, 0.1) is 17.8 Å².